The number of nitrogens with zero attached hydrogens (tertiary/aromatic N) is 6. The minimum Gasteiger partial charge on any atom is -0.465 e. The van der Waals surface area contributed by atoms with Gasteiger partial charge in [-0.3, -0.25) is 23.7 Å². The van der Waals surface area contributed by atoms with E-state index in [1.165, 1.54) is 41.1 Å². The number of rotatable bonds is 21. The number of carbonyl (C=O) groups is 3. The van der Waals surface area contributed by atoms with Gasteiger partial charge in [0.05, 0.1) is 28.6 Å². The Morgan fingerprint density at radius 2 is 1.68 bits per heavy atom. The fourth-order valence-corrected chi connectivity index (χ4v) is 7.94. The van der Waals surface area contributed by atoms with Crippen LogP contribution in [0.25, 0.3) is 22.1 Å². The van der Waals surface area contributed by atoms with Crippen LogP contribution in [0, 0.1) is 17.3 Å². The summed E-state index contributed by atoms with van der Waals surface area (Å²) < 4.78 is 9.90. The van der Waals surface area contributed by atoms with Gasteiger partial charge in [-0.2, -0.15) is 5.10 Å². The average molecular weight is 875 g/mol. The van der Waals surface area contributed by atoms with Crippen molar-refractivity contribution >= 4 is 40.0 Å². The van der Waals surface area contributed by atoms with Gasteiger partial charge in [0, 0.05) is 42.0 Å². The lowest BCUT2D eigenvalue weighted by Gasteiger charge is -2.21. The number of esters is 1. The molecule has 0 unspecified atom stereocenters. The first-order chi connectivity index (χ1) is 31.7. The molecular formula is C52H58N8O5. The predicted molar refractivity (Wildman–Crippen MR) is 254 cm³/mol. The summed E-state index contributed by atoms with van der Waals surface area (Å²) in [6.07, 6.45) is 29.1. The smallest absolute Gasteiger partial charge is 0.305 e. The number of nitrogen functional groups attached to an aromatic ring is 1. The Balaban J connectivity index is 0.950. The highest BCUT2D eigenvalue weighted by molar-refractivity contribution is 6.04. The number of nitrogens with two attached hydrogens (primary N) is 1. The third-order valence-corrected chi connectivity index (χ3v) is 11.8. The molecule has 13 nitrogen and oxygen atoms in total. The largest absolute Gasteiger partial charge is 0.465 e. The van der Waals surface area contributed by atoms with Crippen LogP contribution >= 0.6 is 0 Å². The molecule has 13 heteroatoms. The number of unbranched alkanes of at least 4 members (excludes halogenated alkanes) is 8. The number of ether oxygens (including phenoxy) is 1. The van der Waals surface area contributed by atoms with Crippen molar-refractivity contribution in [2.75, 3.05) is 12.3 Å². The van der Waals surface area contributed by atoms with Crippen LogP contribution in [-0.4, -0.2) is 53.3 Å². The Kier molecular flexibility index (Phi) is 15.6. The second kappa shape index (κ2) is 22.0. The quantitative estimate of drug-likeness (QED) is 0.0310. The molecule has 2 aromatic carbocycles. The summed E-state index contributed by atoms with van der Waals surface area (Å²) >= 11 is 0. The third-order valence-electron chi connectivity index (χ3n) is 11.8. The molecule has 6 aromatic rings. The van der Waals surface area contributed by atoms with E-state index in [9.17, 15) is 19.2 Å². The van der Waals surface area contributed by atoms with Crippen molar-refractivity contribution in [3.63, 3.8) is 0 Å². The van der Waals surface area contributed by atoms with E-state index in [0.717, 1.165) is 44.9 Å². The first-order valence-electron chi connectivity index (χ1n) is 22.9. The molecule has 4 heterocycles. The van der Waals surface area contributed by atoms with E-state index in [4.69, 9.17) is 10.5 Å². The van der Waals surface area contributed by atoms with E-state index in [1.807, 2.05) is 48.5 Å². The van der Waals surface area contributed by atoms with Gasteiger partial charge >= 0.3 is 5.97 Å². The average Bonchev–Trinajstić information content (AvgIpc) is 3.82. The predicted octanol–water partition coefficient (Wildman–Crippen LogP) is 9.48. The second-order valence-corrected chi connectivity index (χ2v) is 16.8. The lowest BCUT2D eigenvalue weighted by Crippen LogP contribution is -2.32. The number of fused-ring (bicyclic) bond motifs is 2. The van der Waals surface area contributed by atoms with Crippen LogP contribution in [0.2, 0.25) is 0 Å². The minimum absolute atomic E-state index is 0.0335. The molecule has 1 saturated carbocycles. The van der Waals surface area contributed by atoms with Gasteiger partial charge in [0.15, 0.2) is 11.5 Å². The maximum absolute atomic E-state index is 14.6. The molecule has 0 radical (unpaired) electrons. The third kappa shape index (κ3) is 11.6. The van der Waals surface area contributed by atoms with Gasteiger partial charge in [-0.05, 0) is 94.0 Å². The molecule has 4 aromatic heterocycles. The van der Waals surface area contributed by atoms with Gasteiger partial charge in [-0.1, -0.05) is 106 Å². The topological polar surface area (TPSA) is 168 Å². The summed E-state index contributed by atoms with van der Waals surface area (Å²) in [6.45, 7) is 4.06. The molecule has 1 atom stereocenters. The highest BCUT2D eigenvalue weighted by Gasteiger charge is 2.52. The number of benzene rings is 2. The molecule has 0 spiro atoms. The van der Waals surface area contributed by atoms with Crippen LogP contribution in [-0.2, 0) is 9.53 Å². The maximum Gasteiger partial charge on any atom is 0.305 e. The Labute approximate surface area is 379 Å². The van der Waals surface area contributed by atoms with Crippen LogP contribution in [0.3, 0.4) is 0 Å². The highest BCUT2D eigenvalue weighted by Crippen LogP contribution is 2.47. The molecule has 1 amide bonds. The van der Waals surface area contributed by atoms with Crippen molar-refractivity contribution in [1.82, 2.24) is 34.3 Å². The lowest BCUT2D eigenvalue weighted by atomic mass is 10.0. The Bertz CT molecular complexity index is 2800. The van der Waals surface area contributed by atoms with E-state index in [-0.39, 0.29) is 35.4 Å². The summed E-state index contributed by atoms with van der Waals surface area (Å²) in [5.74, 6) is 5.28. The molecule has 0 saturated heterocycles. The van der Waals surface area contributed by atoms with Crippen molar-refractivity contribution in [1.29, 1.82) is 0 Å². The maximum atomic E-state index is 14.6. The van der Waals surface area contributed by atoms with E-state index < -0.39 is 17.4 Å². The van der Waals surface area contributed by atoms with Gasteiger partial charge in [0.2, 0.25) is 0 Å². The van der Waals surface area contributed by atoms with Crippen molar-refractivity contribution in [3.8, 4) is 17.5 Å². The van der Waals surface area contributed by atoms with E-state index in [1.54, 1.807) is 42.2 Å². The summed E-state index contributed by atoms with van der Waals surface area (Å²) in [5.41, 5.74) is 7.61. The summed E-state index contributed by atoms with van der Waals surface area (Å²) in [4.78, 5) is 58.7. The number of hydrogen-bond donors (Lipinski definition) is 2. The number of carbonyl (C=O) groups excluding carboxylic acids is 3. The minimum atomic E-state index is -0.784. The fourth-order valence-electron chi connectivity index (χ4n) is 7.94. The normalized spacial score (nSPS) is 13.6. The second-order valence-electron chi connectivity index (χ2n) is 16.8. The Morgan fingerprint density at radius 3 is 2.45 bits per heavy atom. The number of hydrogen-bond acceptors (Lipinski definition) is 9. The van der Waals surface area contributed by atoms with Crippen LogP contribution in [0.4, 0.5) is 5.82 Å². The van der Waals surface area contributed by atoms with Gasteiger partial charge in [-0.25, -0.2) is 14.2 Å². The number of para-hydroxylation sites is 1. The Morgan fingerprint density at radius 1 is 0.923 bits per heavy atom. The van der Waals surface area contributed by atoms with Gasteiger partial charge in [0.25, 0.3) is 17.4 Å². The Hall–Kier alpha value is -7.07. The molecular weight excluding hydrogens is 817 g/mol. The van der Waals surface area contributed by atoms with Crippen LogP contribution in [0.1, 0.15) is 142 Å². The SMILES string of the molecule is CCCCC/C=C\C/C=C\CCCCCCCC(=O)OCC1(C(=O)n2cc(C#Cc3cccc4cc([C@H](C)NC(=O)c5c(N)nn6cccnc56)n(-c5ccccc5)c(=O)c34)cn2)CC1. The number of nitrogens with one attached hydrogen (secondary N) is 1. The van der Waals surface area contributed by atoms with E-state index in [2.05, 4.69) is 63.6 Å². The molecule has 0 bridgehead atoms. The van der Waals surface area contributed by atoms with Crippen molar-refractivity contribution in [3.05, 3.63) is 142 Å². The zero-order valence-electron chi connectivity index (χ0n) is 37.4. The van der Waals surface area contributed by atoms with Crippen molar-refractivity contribution in [2.24, 2.45) is 5.41 Å². The zero-order chi connectivity index (χ0) is 45.6. The van der Waals surface area contributed by atoms with Gasteiger partial charge in [-0.15, -0.1) is 5.10 Å². The number of amides is 1. The fraction of sp³-hybridized carbons (Fsp3) is 0.365. The number of allylic oxidation sites excluding steroid dienone is 4. The van der Waals surface area contributed by atoms with Gasteiger partial charge < -0.3 is 15.8 Å². The van der Waals surface area contributed by atoms with E-state index >= 15 is 0 Å². The molecule has 1 aliphatic carbocycles. The molecule has 7 rings (SSSR count). The van der Waals surface area contributed by atoms with Crippen LogP contribution < -0.4 is 16.6 Å². The summed E-state index contributed by atoms with van der Waals surface area (Å²) in [6, 6.07) is 17.5. The molecule has 336 valence electrons. The molecule has 65 heavy (non-hydrogen) atoms. The van der Waals surface area contributed by atoms with Crippen molar-refractivity contribution < 1.29 is 19.1 Å². The van der Waals surface area contributed by atoms with E-state index in [0.29, 0.717) is 58.2 Å². The molecule has 3 N–H and O–H groups in total. The zero-order valence-corrected chi connectivity index (χ0v) is 37.4. The first-order valence-corrected chi connectivity index (χ1v) is 22.9. The number of pyridine rings is 1. The molecule has 1 aliphatic rings. The lowest BCUT2D eigenvalue weighted by molar-refractivity contribution is -0.145. The first kappa shape index (κ1) is 45.9. The van der Waals surface area contributed by atoms with Crippen LogP contribution in [0.5, 0.6) is 0 Å². The molecule has 0 aliphatic heterocycles. The number of aromatic nitrogens is 6. The monoisotopic (exact) mass is 874 g/mol. The summed E-state index contributed by atoms with van der Waals surface area (Å²) in [7, 11) is 0. The standard InChI is InChI=1S/C52H58N8O5/c1-3-4-5-6-7-8-9-10-11-12-13-14-15-16-20-27-44(61)65-37-52(30-31-52)51(64)59-36-39(35-55-59)28-29-40-23-21-24-41-34-43(60(50(63)45(40)41)42-25-18-17-19-26-42)38(2)56-49(62)46-47(53)57-58-33-22-32-54-48(46)58/h7-8,10-11,17-19,21-26,32-36,38H,3-6,9,12-16,20,27,30-31,37H2,1-2H3,(H2,53,57)(H,56,62)/b8-7-,11-10-/t38-/m0/s1. The highest BCUT2D eigenvalue weighted by atomic mass is 16.5. The number of anilines is 1. The molecule has 1 fully saturated rings. The van der Waals surface area contributed by atoms with Crippen molar-refractivity contribution in [2.45, 2.75) is 110 Å². The van der Waals surface area contributed by atoms with Crippen LogP contribution in [0.15, 0.2) is 115 Å². The van der Waals surface area contributed by atoms with Gasteiger partial charge in [0.1, 0.15) is 12.2 Å². The summed E-state index contributed by atoms with van der Waals surface area (Å²) in [5, 5.41) is 12.5.